The maximum atomic E-state index is 13.8. The Hall–Kier alpha value is -1.15. The van der Waals surface area contributed by atoms with Crippen LogP contribution in [0.5, 0.6) is 5.75 Å². The molecule has 0 saturated carbocycles. The van der Waals surface area contributed by atoms with Gasteiger partial charge in [-0.05, 0) is 78.9 Å². The standard InChI is InChI=1S/C16H14BrFINO2/c1-16(2,22-12-6-3-10(17)4-7-12)15(21)20-14-8-5-11(19)9-13(14)18/h3-9H,1-2H3,(H,20,21). The molecule has 0 atom stereocenters. The molecule has 2 rings (SSSR count). The van der Waals surface area contributed by atoms with Crippen molar-refractivity contribution in [2.75, 3.05) is 5.32 Å². The van der Waals surface area contributed by atoms with Crippen LogP contribution in [0, 0.1) is 9.39 Å². The fraction of sp³-hybridized carbons (Fsp3) is 0.188. The second-order valence-electron chi connectivity index (χ2n) is 5.14. The predicted molar refractivity (Wildman–Crippen MR) is 96.6 cm³/mol. The van der Waals surface area contributed by atoms with E-state index in [1.807, 2.05) is 34.7 Å². The highest BCUT2D eigenvalue weighted by Gasteiger charge is 2.30. The molecular weight excluding hydrogens is 464 g/mol. The monoisotopic (exact) mass is 477 g/mol. The number of amides is 1. The summed E-state index contributed by atoms with van der Waals surface area (Å²) >= 11 is 5.34. The first-order valence-electron chi connectivity index (χ1n) is 6.49. The summed E-state index contributed by atoms with van der Waals surface area (Å²) in [6.07, 6.45) is 0. The van der Waals surface area contributed by atoms with Gasteiger partial charge in [0.1, 0.15) is 11.6 Å². The maximum absolute atomic E-state index is 13.8. The summed E-state index contributed by atoms with van der Waals surface area (Å²) in [5, 5.41) is 2.56. The summed E-state index contributed by atoms with van der Waals surface area (Å²) in [4.78, 5) is 12.3. The quantitative estimate of drug-likeness (QED) is 0.630. The number of rotatable bonds is 4. The van der Waals surface area contributed by atoms with E-state index in [4.69, 9.17) is 4.74 Å². The third-order valence-corrected chi connectivity index (χ3v) is 4.11. The first-order valence-corrected chi connectivity index (χ1v) is 8.36. The average molecular weight is 478 g/mol. The molecule has 0 radical (unpaired) electrons. The third-order valence-electron chi connectivity index (χ3n) is 2.91. The van der Waals surface area contributed by atoms with Gasteiger partial charge in [0.25, 0.3) is 5.91 Å². The lowest BCUT2D eigenvalue weighted by Gasteiger charge is -2.25. The number of hydrogen-bond acceptors (Lipinski definition) is 2. The van der Waals surface area contributed by atoms with E-state index in [0.717, 1.165) is 8.04 Å². The zero-order valence-corrected chi connectivity index (χ0v) is 15.7. The topological polar surface area (TPSA) is 38.3 Å². The minimum absolute atomic E-state index is 0.137. The van der Waals surface area contributed by atoms with Crippen molar-refractivity contribution in [3.05, 3.63) is 56.3 Å². The zero-order chi connectivity index (χ0) is 16.3. The Labute approximate surface area is 150 Å². The molecule has 0 aromatic heterocycles. The molecule has 2 aromatic rings. The number of anilines is 1. The zero-order valence-electron chi connectivity index (χ0n) is 12.0. The highest BCUT2D eigenvalue weighted by molar-refractivity contribution is 14.1. The van der Waals surface area contributed by atoms with Gasteiger partial charge in [0.2, 0.25) is 0 Å². The molecule has 22 heavy (non-hydrogen) atoms. The van der Waals surface area contributed by atoms with Crippen LogP contribution in [-0.4, -0.2) is 11.5 Å². The first-order chi connectivity index (χ1) is 10.3. The van der Waals surface area contributed by atoms with Gasteiger partial charge in [-0.3, -0.25) is 4.79 Å². The van der Waals surface area contributed by atoms with Crippen molar-refractivity contribution in [2.45, 2.75) is 19.4 Å². The van der Waals surface area contributed by atoms with Crippen molar-refractivity contribution in [3.63, 3.8) is 0 Å². The van der Waals surface area contributed by atoms with Crippen molar-refractivity contribution in [1.82, 2.24) is 0 Å². The molecule has 116 valence electrons. The van der Waals surface area contributed by atoms with E-state index in [0.29, 0.717) is 5.75 Å². The van der Waals surface area contributed by atoms with Crippen molar-refractivity contribution in [2.24, 2.45) is 0 Å². The Morgan fingerprint density at radius 3 is 2.45 bits per heavy atom. The Morgan fingerprint density at radius 2 is 1.86 bits per heavy atom. The molecule has 0 spiro atoms. The molecule has 0 aliphatic carbocycles. The minimum atomic E-state index is -1.14. The normalized spacial score (nSPS) is 11.1. The smallest absolute Gasteiger partial charge is 0.268 e. The summed E-state index contributed by atoms with van der Waals surface area (Å²) in [7, 11) is 0. The van der Waals surface area contributed by atoms with Crippen LogP contribution in [0.1, 0.15) is 13.8 Å². The van der Waals surface area contributed by atoms with Crippen molar-refractivity contribution >= 4 is 50.1 Å². The number of carbonyl (C=O) groups excluding carboxylic acids is 1. The molecule has 0 saturated heterocycles. The number of nitrogens with one attached hydrogen (secondary N) is 1. The Morgan fingerprint density at radius 1 is 1.23 bits per heavy atom. The molecule has 0 aliphatic rings. The van der Waals surface area contributed by atoms with Crippen molar-refractivity contribution in [3.8, 4) is 5.75 Å². The fourth-order valence-corrected chi connectivity index (χ4v) is 2.42. The van der Waals surface area contributed by atoms with Crippen LogP contribution in [0.4, 0.5) is 10.1 Å². The van der Waals surface area contributed by atoms with E-state index in [1.165, 1.54) is 12.1 Å². The molecule has 0 aliphatic heterocycles. The number of hydrogen-bond donors (Lipinski definition) is 1. The highest BCUT2D eigenvalue weighted by Crippen LogP contribution is 2.23. The van der Waals surface area contributed by atoms with Crippen LogP contribution in [0.15, 0.2) is 46.9 Å². The summed E-state index contributed by atoms with van der Waals surface area (Å²) in [5.41, 5.74) is -0.999. The van der Waals surface area contributed by atoms with Crippen LogP contribution >= 0.6 is 38.5 Å². The number of benzene rings is 2. The van der Waals surface area contributed by atoms with Gasteiger partial charge >= 0.3 is 0 Å². The molecule has 2 aromatic carbocycles. The lowest BCUT2D eigenvalue weighted by atomic mass is 10.1. The number of halogens is 3. The molecule has 0 unspecified atom stereocenters. The summed E-state index contributed by atoms with van der Waals surface area (Å²) in [6, 6.07) is 11.8. The second-order valence-corrected chi connectivity index (χ2v) is 7.31. The van der Waals surface area contributed by atoms with Crippen molar-refractivity contribution < 1.29 is 13.9 Å². The van der Waals surface area contributed by atoms with E-state index in [1.54, 1.807) is 32.0 Å². The van der Waals surface area contributed by atoms with Crippen LogP contribution in [0.25, 0.3) is 0 Å². The number of ether oxygens (including phenoxy) is 1. The molecule has 3 nitrogen and oxygen atoms in total. The summed E-state index contributed by atoms with van der Waals surface area (Å²) < 4.78 is 21.2. The van der Waals surface area contributed by atoms with Crippen LogP contribution in [-0.2, 0) is 4.79 Å². The molecule has 0 fully saturated rings. The van der Waals surface area contributed by atoms with Gasteiger partial charge in [0.05, 0.1) is 5.69 Å². The van der Waals surface area contributed by atoms with E-state index >= 15 is 0 Å². The summed E-state index contributed by atoms with van der Waals surface area (Å²) in [5.74, 6) is -0.332. The molecule has 6 heteroatoms. The number of carbonyl (C=O) groups is 1. The molecule has 0 bridgehead atoms. The van der Waals surface area contributed by atoms with Gasteiger partial charge in [-0.1, -0.05) is 15.9 Å². The van der Waals surface area contributed by atoms with Gasteiger partial charge in [-0.15, -0.1) is 0 Å². The Kier molecular flexibility index (Phi) is 5.44. The molecule has 1 N–H and O–H groups in total. The van der Waals surface area contributed by atoms with Gasteiger partial charge in [-0.25, -0.2) is 4.39 Å². The van der Waals surface area contributed by atoms with Gasteiger partial charge in [0.15, 0.2) is 5.60 Å². The summed E-state index contributed by atoms with van der Waals surface area (Å²) in [6.45, 7) is 3.27. The van der Waals surface area contributed by atoms with E-state index in [2.05, 4.69) is 21.2 Å². The molecular formula is C16H14BrFINO2. The minimum Gasteiger partial charge on any atom is -0.478 e. The second kappa shape index (κ2) is 6.95. The third kappa shape index (κ3) is 4.42. The van der Waals surface area contributed by atoms with Crippen LogP contribution in [0.3, 0.4) is 0 Å². The van der Waals surface area contributed by atoms with E-state index in [-0.39, 0.29) is 5.69 Å². The highest BCUT2D eigenvalue weighted by atomic mass is 127. The fourth-order valence-electron chi connectivity index (χ4n) is 1.71. The van der Waals surface area contributed by atoms with E-state index in [9.17, 15) is 9.18 Å². The lowest BCUT2D eigenvalue weighted by molar-refractivity contribution is -0.128. The Balaban J connectivity index is 2.11. The molecule has 1 amide bonds. The van der Waals surface area contributed by atoms with Crippen molar-refractivity contribution in [1.29, 1.82) is 0 Å². The largest absolute Gasteiger partial charge is 0.478 e. The molecule has 0 heterocycles. The predicted octanol–water partition coefficient (Wildman–Crippen LogP) is 4.99. The first kappa shape index (κ1) is 17.2. The average Bonchev–Trinajstić information content (AvgIpc) is 2.44. The van der Waals surface area contributed by atoms with Gasteiger partial charge in [-0.2, -0.15) is 0 Å². The SMILES string of the molecule is CC(C)(Oc1ccc(Br)cc1)C(=O)Nc1ccc(I)cc1F. The lowest BCUT2D eigenvalue weighted by Crippen LogP contribution is -2.42. The van der Waals surface area contributed by atoms with Crippen LogP contribution < -0.4 is 10.1 Å². The van der Waals surface area contributed by atoms with Gasteiger partial charge in [0, 0.05) is 8.04 Å². The van der Waals surface area contributed by atoms with Gasteiger partial charge < -0.3 is 10.1 Å². The van der Waals surface area contributed by atoms with Crippen LogP contribution in [0.2, 0.25) is 0 Å². The van der Waals surface area contributed by atoms with E-state index < -0.39 is 17.3 Å². The maximum Gasteiger partial charge on any atom is 0.268 e. The Bertz CT molecular complexity index is 689.